The molecule has 3 heteroatoms. The van der Waals surface area contributed by atoms with Gasteiger partial charge in [0.2, 0.25) is 0 Å². The van der Waals surface area contributed by atoms with Gasteiger partial charge in [-0.3, -0.25) is 0 Å². The molecule has 1 saturated carbocycles. The van der Waals surface area contributed by atoms with Gasteiger partial charge in [-0.15, -0.1) is 0 Å². The smallest absolute Gasteiger partial charge is 0.123 e. The molecule has 0 aromatic heterocycles. The first kappa shape index (κ1) is 16.4. The van der Waals surface area contributed by atoms with Crippen LogP contribution in [-0.2, 0) is 0 Å². The van der Waals surface area contributed by atoms with Crippen molar-refractivity contribution in [2.45, 2.75) is 57.5 Å². The number of nitrogens with one attached hydrogen (secondary N) is 1. The number of benzene rings is 1. The Kier molecular flexibility index (Phi) is 5.39. The Labute approximate surface area is 128 Å². The lowest BCUT2D eigenvalue weighted by Crippen LogP contribution is -2.52. The van der Waals surface area contributed by atoms with Crippen molar-refractivity contribution in [3.05, 3.63) is 35.1 Å². The lowest BCUT2D eigenvalue weighted by Gasteiger charge is -2.44. The first-order valence-corrected chi connectivity index (χ1v) is 8.18. The molecule has 0 radical (unpaired) electrons. The van der Waals surface area contributed by atoms with E-state index in [2.05, 4.69) is 31.2 Å². The van der Waals surface area contributed by atoms with Crippen LogP contribution in [0.3, 0.4) is 0 Å². The standard InChI is InChI=1S/C18H29FN2/c1-5-12-20-17(16-9-8-15(19)13-14(16)2)18(21(3)4)10-6-7-11-18/h8-9,13,17,20H,5-7,10-12H2,1-4H3. The minimum Gasteiger partial charge on any atom is -0.308 e. The van der Waals surface area contributed by atoms with Crippen molar-refractivity contribution in [3.8, 4) is 0 Å². The van der Waals surface area contributed by atoms with Crippen molar-refractivity contribution in [1.82, 2.24) is 10.2 Å². The molecule has 118 valence electrons. The highest BCUT2D eigenvalue weighted by molar-refractivity contribution is 5.33. The molecule has 1 aliphatic carbocycles. The molecule has 1 atom stereocenters. The molecule has 0 heterocycles. The molecule has 0 aliphatic heterocycles. The van der Waals surface area contributed by atoms with Gasteiger partial charge in [0.05, 0.1) is 6.04 Å². The first-order chi connectivity index (χ1) is 10.0. The van der Waals surface area contributed by atoms with Gasteiger partial charge in [-0.05, 0) is 70.1 Å². The Hall–Kier alpha value is -0.930. The molecule has 1 unspecified atom stereocenters. The number of aryl methyl sites for hydroxylation is 1. The Morgan fingerprint density at radius 2 is 1.95 bits per heavy atom. The highest BCUT2D eigenvalue weighted by Gasteiger charge is 2.44. The molecule has 0 saturated heterocycles. The van der Waals surface area contributed by atoms with Crippen LogP contribution in [0.2, 0.25) is 0 Å². The third-order valence-corrected chi connectivity index (χ3v) is 5.04. The molecular weight excluding hydrogens is 263 g/mol. The number of hydrogen-bond acceptors (Lipinski definition) is 2. The van der Waals surface area contributed by atoms with Crippen molar-refractivity contribution < 1.29 is 4.39 Å². The van der Waals surface area contributed by atoms with E-state index in [1.807, 2.05) is 13.0 Å². The quantitative estimate of drug-likeness (QED) is 0.851. The van der Waals surface area contributed by atoms with Crippen LogP contribution >= 0.6 is 0 Å². The van der Waals surface area contributed by atoms with Crippen LogP contribution in [0.4, 0.5) is 4.39 Å². The van der Waals surface area contributed by atoms with E-state index in [0.717, 1.165) is 18.5 Å². The van der Waals surface area contributed by atoms with E-state index in [1.165, 1.54) is 31.2 Å². The van der Waals surface area contributed by atoms with E-state index in [1.54, 1.807) is 12.1 Å². The van der Waals surface area contributed by atoms with Crippen LogP contribution in [0.1, 0.15) is 56.2 Å². The van der Waals surface area contributed by atoms with Gasteiger partial charge in [-0.2, -0.15) is 0 Å². The second-order valence-corrected chi connectivity index (χ2v) is 6.59. The lowest BCUT2D eigenvalue weighted by molar-refractivity contribution is 0.104. The van der Waals surface area contributed by atoms with Crippen LogP contribution in [0, 0.1) is 12.7 Å². The van der Waals surface area contributed by atoms with Crippen LogP contribution < -0.4 is 5.32 Å². The molecule has 1 aliphatic rings. The van der Waals surface area contributed by atoms with E-state index in [0.29, 0.717) is 0 Å². The molecular formula is C18H29FN2. The monoisotopic (exact) mass is 292 g/mol. The summed E-state index contributed by atoms with van der Waals surface area (Å²) in [5, 5.41) is 3.75. The van der Waals surface area contributed by atoms with E-state index >= 15 is 0 Å². The minimum atomic E-state index is -0.143. The molecule has 1 aromatic carbocycles. The third kappa shape index (κ3) is 3.29. The number of likely N-dealkylation sites (N-methyl/N-ethyl adjacent to an activating group) is 1. The zero-order valence-electron chi connectivity index (χ0n) is 13.9. The van der Waals surface area contributed by atoms with Gasteiger partial charge in [-0.25, -0.2) is 4.39 Å². The maximum absolute atomic E-state index is 13.5. The maximum atomic E-state index is 13.5. The summed E-state index contributed by atoms with van der Waals surface area (Å²) >= 11 is 0. The van der Waals surface area contributed by atoms with Crippen molar-refractivity contribution >= 4 is 0 Å². The number of hydrogen-bond donors (Lipinski definition) is 1. The zero-order valence-corrected chi connectivity index (χ0v) is 13.9. The van der Waals surface area contributed by atoms with Crippen molar-refractivity contribution in [3.63, 3.8) is 0 Å². The highest BCUT2D eigenvalue weighted by Crippen LogP contribution is 2.44. The van der Waals surface area contributed by atoms with Crippen LogP contribution in [0.25, 0.3) is 0 Å². The van der Waals surface area contributed by atoms with Gasteiger partial charge < -0.3 is 10.2 Å². The van der Waals surface area contributed by atoms with E-state index in [-0.39, 0.29) is 17.4 Å². The summed E-state index contributed by atoms with van der Waals surface area (Å²) in [4.78, 5) is 2.39. The summed E-state index contributed by atoms with van der Waals surface area (Å²) in [7, 11) is 4.37. The highest BCUT2D eigenvalue weighted by atomic mass is 19.1. The SMILES string of the molecule is CCCNC(c1ccc(F)cc1C)C1(N(C)C)CCCC1. The molecule has 1 fully saturated rings. The fourth-order valence-corrected chi connectivity index (χ4v) is 3.82. The Balaban J connectivity index is 2.41. The lowest BCUT2D eigenvalue weighted by atomic mass is 9.81. The van der Waals surface area contributed by atoms with Crippen molar-refractivity contribution in [2.24, 2.45) is 0 Å². The molecule has 0 bridgehead atoms. The summed E-state index contributed by atoms with van der Waals surface area (Å²) < 4.78 is 13.5. The van der Waals surface area contributed by atoms with Gasteiger partial charge in [0, 0.05) is 5.54 Å². The summed E-state index contributed by atoms with van der Waals surface area (Å²) in [6.45, 7) is 5.22. The Bertz CT molecular complexity index is 464. The van der Waals surface area contributed by atoms with E-state index in [9.17, 15) is 4.39 Å². The normalized spacial score (nSPS) is 19.1. The molecule has 2 rings (SSSR count). The average Bonchev–Trinajstić information content (AvgIpc) is 2.92. The second kappa shape index (κ2) is 6.89. The molecule has 0 amide bonds. The summed E-state index contributed by atoms with van der Waals surface area (Å²) in [5.74, 6) is -0.143. The van der Waals surface area contributed by atoms with Gasteiger partial charge in [0.15, 0.2) is 0 Å². The van der Waals surface area contributed by atoms with Crippen LogP contribution in [-0.4, -0.2) is 31.1 Å². The molecule has 21 heavy (non-hydrogen) atoms. The van der Waals surface area contributed by atoms with E-state index < -0.39 is 0 Å². The Morgan fingerprint density at radius 3 is 2.48 bits per heavy atom. The fraction of sp³-hybridized carbons (Fsp3) is 0.667. The zero-order chi connectivity index (χ0) is 15.5. The predicted molar refractivity (Wildman–Crippen MR) is 87.1 cm³/mol. The van der Waals surface area contributed by atoms with Crippen LogP contribution in [0.15, 0.2) is 18.2 Å². The number of rotatable bonds is 6. The fourth-order valence-electron chi connectivity index (χ4n) is 3.82. The van der Waals surface area contributed by atoms with Gasteiger partial charge in [-0.1, -0.05) is 25.8 Å². The van der Waals surface area contributed by atoms with Crippen molar-refractivity contribution in [1.29, 1.82) is 0 Å². The number of nitrogens with zero attached hydrogens (tertiary/aromatic N) is 1. The minimum absolute atomic E-state index is 0.143. The summed E-state index contributed by atoms with van der Waals surface area (Å²) in [6, 6.07) is 5.51. The molecule has 1 aromatic rings. The third-order valence-electron chi connectivity index (χ3n) is 5.04. The second-order valence-electron chi connectivity index (χ2n) is 6.59. The average molecular weight is 292 g/mol. The maximum Gasteiger partial charge on any atom is 0.123 e. The van der Waals surface area contributed by atoms with Gasteiger partial charge in [0.1, 0.15) is 5.82 Å². The van der Waals surface area contributed by atoms with E-state index in [4.69, 9.17) is 0 Å². The largest absolute Gasteiger partial charge is 0.308 e. The summed E-state index contributed by atoms with van der Waals surface area (Å²) in [6.07, 6.45) is 6.09. The molecule has 0 spiro atoms. The van der Waals surface area contributed by atoms with Gasteiger partial charge >= 0.3 is 0 Å². The summed E-state index contributed by atoms with van der Waals surface area (Å²) in [5.41, 5.74) is 2.45. The van der Waals surface area contributed by atoms with Crippen molar-refractivity contribution in [2.75, 3.05) is 20.6 Å². The topological polar surface area (TPSA) is 15.3 Å². The first-order valence-electron chi connectivity index (χ1n) is 8.18. The van der Waals surface area contributed by atoms with Gasteiger partial charge in [0.25, 0.3) is 0 Å². The predicted octanol–water partition coefficient (Wildman–Crippen LogP) is 4.05. The molecule has 1 N–H and O–H groups in total. The Morgan fingerprint density at radius 1 is 1.29 bits per heavy atom. The van der Waals surface area contributed by atoms with Crippen LogP contribution in [0.5, 0.6) is 0 Å². The molecule has 2 nitrogen and oxygen atoms in total. The number of halogens is 1.